The molecule has 0 spiro atoms. The molecule has 30 heavy (non-hydrogen) atoms. The normalized spacial score (nSPS) is 23.2. The fraction of sp³-hybridized carbons (Fsp3) is 0.875. The topological polar surface area (TPSA) is 77.2 Å². The van der Waals surface area contributed by atoms with E-state index in [0.717, 1.165) is 5.92 Å². The minimum absolute atomic E-state index is 0.103. The Bertz CT molecular complexity index is 719. The molecule has 3 rings (SSSR count). The van der Waals surface area contributed by atoms with E-state index in [1.54, 1.807) is 0 Å². The van der Waals surface area contributed by atoms with Gasteiger partial charge in [-0.1, -0.05) is 26.0 Å². The number of aliphatic hydroxyl groups excluding tert-OH is 1. The SMILES string of the molecule is CC(C)(C)CC1CC(c2nnn([C@@H](CCCO)CC(=O)OC(C)(C)C)c2C2CC2)C1. The molecule has 6 nitrogen and oxygen atoms in total. The van der Waals surface area contributed by atoms with Crippen LogP contribution in [0.3, 0.4) is 0 Å². The van der Waals surface area contributed by atoms with Gasteiger partial charge in [-0.25, -0.2) is 4.68 Å². The van der Waals surface area contributed by atoms with E-state index < -0.39 is 5.60 Å². The Balaban J connectivity index is 1.75. The maximum absolute atomic E-state index is 12.5. The van der Waals surface area contributed by atoms with Crippen LogP contribution in [0.1, 0.15) is 122 Å². The predicted octanol–water partition coefficient (Wildman–Crippen LogP) is 5.13. The number of hydrogen-bond donors (Lipinski definition) is 1. The van der Waals surface area contributed by atoms with Gasteiger partial charge in [0.1, 0.15) is 5.60 Å². The minimum Gasteiger partial charge on any atom is -0.460 e. The Kier molecular flexibility index (Phi) is 6.95. The quantitative estimate of drug-likeness (QED) is 0.561. The predicted molar refractivity (Wildman–Crippen MR) is 117 cm³/mol. The van der Waals surface area contributed by atoms with Gasteiger partial charge in [-0.3, -0.25) is 4.79 Å². The maximum Gasteiger partial charge on any atom is 0.308 e. The van der Waals surface area contributed by atoms with Crippen LogP contribution in [0.25, 0.3) is 0 Å². The number of aromatic nitrogens is 3. The van der Waals surface area contributed by atoms with Crippen LogP contribution in [0.4, 0.5) is 0 Å². The zero-order valence-electron chi connectivity index (χ0n) is 19.8. The first-order valence-electron chi connectivity index (χ1n) is 11.7. The fourth-order valence-corrected chi connectivity index (χ4v) is 4.83. The molecule has 0 unspecified atom stereocenters. The molecular formula is C24H41N3O3. The van der Waals surface area contributed by atoms with Gasteiger partial charge in [0, 0.05) is 18.4 Å². The zero-order valence-corrected chi connectivity index (χ0v) is 19.8. The summed E-state index contributed by atoms with van der Waals surface area (Å²) in [6.07, 6.45) is 7.63. The van der Waals surface area contributed by atoms with E-state index in [9.17, 15) is 9.90 Å². The third-order valence-corrected chi connectivity index (χ3v) is 6.11. The van der Waals surface area contributed by atoms with Crippen LogP contribution >= 0.6 is 0 Å². The number of carbonyl (C=O) groups is 1. The molecule has 2 fully saturated rings. The lowest BCUT2D eigenvalue weighted by atomic mass is 9.67. The van der Waals surface area contributed by atoms with Gasteiger partial charge in [0.2, 0.25) is 0 Å². The largest absolute Gasteiger partial charge is 0.460 e. The van der Waals surface area contributed by atoms with Gasteiger partial charge in [0.25, 0.3) is 0 Å². The van der Waals surface area contributed by atoms with Crippen molar-refractivity contribution in [2.75, 3.05) is 6.61 Å². The van der Waals surface area contributed by atoms with Crippen LogP contribution < -0.4 is 0 Å². The average Bonchev–Trinajstić information content (AvgIpc) is 3.31. The van der Waals surface area contributed by atoms with Crippen molar-refractivity contribution >= 4 is 5.97 Å². The van der Waals surface area contributed by atoms with Gasteiger partial charge in [-0.05, 0) is 77.0 Å². The van der Waals surface area contributed by atoms with Crippen LogP contribution in [-0.4, -0.2) is 38.3 Å². The van der Waals surface area contributed by atoms with Crippen molar-refractivity contribution < 1.29 is 14.6 Å². The third-order valence-electron chi connectivity index (χ3n) is 6.11. The molecule has 1 heterocycles. The maximum atomic E-state index is 12.5. The van der Waals surface area contributed by atoms with Gasteiger partial charge in [-0.2, -0.15) is 0 Å². The second kappa shape index (κ2) is 8.97. The number of esters is 1. The number of carbonyl (C=O) groups excluding carboxylic acids is 1. The number of ether oxygens (including phenoxy) is 1. The van der Waals surface area contributed by atoms with Crippen LogP contribution in [0.5, 0.6) is 0 Å². The number of aliphatic hydroxyl groups is 1. The van der Waals surface area contributed by atoms with Crippen molar-refractivity contribution in [2.45, 2.75) is 116 Å². The van der Waals surface area contributed by atoms with Crippen LogP contribution in [0.15, 0.2) is 0 Å². The van der Waals surface area contributed by atoms with Gasteiger partial charge >= 0.3 is 5.97 Å². The van der Waals surface area contributed by atoms with Gasteiger partial charge < -0.3 is 9.84 Å². The summed E-state index contributed by atoms with van der Waals surface area (Å²) in [6, 6.07) is -0.103. The number of hydrogen-bond acceptors (Lipinski definition) is 5. The molecule has 2 aliphatic rings. The summed E-state index contributed by atoms with van der Waals surface area (Å²) in [6.45, 7) is 12.7. The Hall–Kier alpha value is -1.43. The molecule has 1 atom stereocenters. The van der Waals surface area contributed by atoms with Crippen molar-refractivity contribution in [1.29, 1.82) is 0 Å². The molecule has 170 valence electrons. The summed E-state index contributed by atoms with van der Waals surface area (Å²) >= 11 is 0. The Labute approximate surface area is 181 Å². The first kappa shape index (κ1) is 23.2. The first-order valence-corrected chi connectivity index (χ1v) is 11.7. The lowest BCUT2D eigenvalue weighted by Crippen LogP contribution is -2.28. The molecular weight excluding hydrogens is 378 g/mol. The van der Waals surface area contributed by atoms with Crippen molar-refractivity contribution in [3.63, 3.8) is 0 Å². The highest BCUT2D eigenvalue weighted by atomic mass is 16.6. The Morgan fingerprint density at radius 3 is 2.37 bits per heavy atom. The van der Waals surface area contributed by atoms with E-state index in [1.807, 2.05) is 25.5 Å². The van der Waals surface area contributed by atoms with E-state index in [-0.39, 0.29) is 25.0 Å². The lowest BCUT2D eigenvalue weighted by molar-refractivity contribution is -0.155. The zero-order chi connectivity index (χ0) is 22.1. The second-order valence-electron chi connectivity index (χ2n) is 11.7. The Morgan fingerprint density at radius 2 is 1.83 bits per heavy atom. The van der Waals surface area contributed by atoms with E-state index in [0.29, 0.717) is 30.1 Å². The van der Waals surface area contributed by atoms with Gasteiger partial charge in [0.05, 0.1) is 23.9 Å². The summed E-state index contributed by atoms with van der Waals surface area (Å²) in [4.78, 5) is 12.5. The average molecular weight is 420 g/mol. The van der Waals surface area contributed by atoms with E-state index in [2.05, 4.69) is 31.1 Å². The molecule has 2 saturated carbocycles. The molecule has 0 saturated heterocycles. The van der Waals surface area contributed by atoms with Crippen molar-refractivity contribution in [2.24, 2.45) is 11.3 Å². The van der Waals surface area contributed by atoms with Crippen LogP contribution in [-0.2, 0) is 9.53 Å². The fourth-order valence-electron chi connectivity index (χ4n) is 4.83. The first-order chi connectivity index (χ1) is 14.0. The van der Waals surface area contributed by atoms with Gasteiger partial charge in [-0.15, -0.1) is 5.10 Å². The van der Waals surface area contributed by atoms with E-state index in [4.69, 9.17) is 4.74 Å². The molecule has 2 aliphatic carbocycles. The van der Waals surface area contributed by atoms with Crippen LogP contribution in [0, 0.1) is 11.3 Å². The summed E-state index contributed by atoms with van der Waals surface area (Å²) in [5.41, 5.74) is 2.29. The number of rotatable bonds is 9. The third kappa shape index (κ3) is 6.29. The second-order valence-corrected chi connectivity index (χ2v) is 11.7. The molecule has 0 amide bonds. The van der Waals surface area contributed by atoms with Gasteiger partial charge in [0.15, 0.2) is 0 Å². The van der Waals surface area contributed by atoms with Crippen molar-refractivity contribution in [3.05, 3.63) is 11.4 Å². The summed E-state index contributed by atoms with van der Waals surface area (Å²) < 4.78 is 7.59. The smallest absolute Gasteiger partial charge is 0.308 e. The molecule has 1 N–H and O–H groups in total. The monoisotopic (exact) mass is 419 g/mol. The van der Waals surface area contributed by atoms with Crippen LogP contribution in [0.2, 0.25) is 0 Å². The number of nitrogens with zero attached hydrogens (tertiary/aromatic N) is 3. The molecule has 0 radical (unpaired) electrons. The standard InChI is InChI=1S/C24H41N3O3/c1-23(2,3)15-16-12-18(13-16)21-22(17-9-10-17)27(26-25-21)19(8-7-11-28)14-20(29)30-24(4,5)6/h16-19,28H,7-15H2,1-6H3/t16?,18?,19-/m0/s1. The molecule has 6 heteroatoms. The van der Waals surface area contributed by atoms with Crippen molar-refractivity contribution in [3.8, 4) is 0 Å². The lowest BCUT2D eigenvalue weighted by Gasteiger charge is -2.38. The minimum atomic E-state index is -0.501. The molecule has 0 aliphatic heterocycles. The van der Waals surface area contributed by atoms with E-state index in [1.165, 1.54) is 43.5 Å². The molecule has 1 aromatic heterocycles. The molecule has 0 bridgehead atoms. The highest BCUT2D eigenvalue weighted by molar-refractivity contribution is 5.70. The van der Waals surface area contributed by atoms with Crippen molar-refractivity contribution in [1.82, 2.24) is 15.0 Å². The summed E-state index contributed by atoms with van der Waals surface area (Å²) in [7, 11) is 0. The highest BCUT2D eigenvalue weighted by Gasteiger charge is 2.41. The van der Waals surface area contributed by atoms with E-state index >= 15 is 0 Å². The molecule has 1 aromatic rings. The Morgan fingerprint density at radius 1 is 1.17 bits per heavy atom. The summed E-state index contributed by atoms with van der Waals surface area (Å²) in [5, 5.41) is 18.6. The summed E-state index contributed by atoms with van der Waals surface area (Å²) in [5.74, 6) is 1.59. The molecule has 0 aromatic carbocycles. The highest BCUT2D eigenvalue weighted by Crippen LogP contribution is 2.51.